The van der Waals surface area contributed by atoms with Gasteiger partial charge in [-0.3, -0.25) is 13.8 Å². The van der Waals surface area contributed by atoms with Crippen molar-refractivity contribution in [2.45, 2.75) is 168 Å². The van der Waals surface area contributed by atoms with E-state index in [1.807, 2.05) is 21.1 Å². The van der Waals surface area contributed by atoms with Gasteiger partial charge in [-0.2, -0.15) is 0 Å². The smallest absolute Gasteiger partial charge is 0.457 e. The number of quaternary nitrogens is 1. The number of phosphoric acid groups is 1. The minimum absolute atomic E-state index is 0.0800. The van der Waals surface area contributed by atoms with Crippen LogP contribution in [-0.2, 0) is 27.9 Å². The van der Waals surface area contributed by atoms with Crippen molar-refractivity contribution < 1.29 is 37.3 Å². The van der Waals surface area contributed by atoms with E-state index in [0.717, 1.165) is 83.5 Å². The fourth-order valence-electron chi connectivity index (χ4n) is 5.48. The van der Waals surface area contributed by atoms with E-state index in [9.17, 15) is 14.3 Å². The number of hydrogen-bond acceptors (Lipinski definition) is 6. The number of rotatable bonds is 39. The third kappa shape index (κ3) is 41.4. The number of esters is 1. The number of unbranched alkanes of at least 4 members (excludes halogenated alkanes) is 15. The van der Waals surface area contributed by atoms with Gasteiger partial charge in [-0.15, -0.1) is 0 Å². The number of ether oxygens (including phenoxy) is 2. The van der Waals surface area contributed by atoms with Gasteiger partial charge in [-0.1, -0.05) is 139 Å². The molecule has 0 amide bonds. The fourth-order valence-corrected chi connectivity index (χ4v) is 6.22. The van der Waals surface area contributed by atoms with Crippen LogP contribution in [0, 0.1) is 0 Å². The van der Waals surface area contributed by atoms with Crippen molar-refractivity contribution >= 4 is 13.8 Å². The number of hydrogen-bond donors (Lipinski definition) is 1. The fraction of sp³-hybridized carbons (Fsp3) is 0.756. The lowest BCUT2D eigenvalue weighted by Gasteiger charge is -2.24. The summed E-state index contributed by atoms with van der Waals surface area (Å²) in [5, 5.41) is 0. The topological polar surface area (TPSA) is 91.3 Å². The lowest BCUT2D eigenvalue weighted by molar-refractivity contribution is -0.870. The van der Waals surface area contributed by atoms with Crippen LogP contribution in [-0.4, -0.2) is 75.6 Å². The summed E-state index contributed by atoms with van der Waals surface area (Å²) in [5.41, 5.74) is 0. The molecule has 314 valence electrons. The first-order valence-electron chi connectivity index (χ1n) is 21.5. The Kier molecular flexibility index (Phi) is 36.8. The summed E-state index contributed by atoms with van der Waals surface area (Å²) in [4.78, 5) is 22.9. The van der Waals surface area contributed by atoms with Crippen molar-refractivity contribution in [2.24, 2.45) is 0 Å². The van der Waals surface area contributed by atoms with E-state index in [1.54, 1.807) is 0 Å². The molecular weight excluding hydrogens is 697 g/mol. The van der Waals surface area contributed by atoms with Gasteiger partial charge in [0.25, 0.3) is 0 Å². The SMILES string of the molecule is CC/C=C\C/C=C\C/C=C\CCCCCCCC(=O)OC(COCCCCCCCC/C=C\C/C=C\CCCCCC)COP(=O)(O)OCC[N+](C)(C)C. The first-order chi connectivity index (χ1) is 26.1. The van der Waals surface area contributed by atoms with E-state index < -0.39 is 13.9 Å². The average molecular weight is 781 g/mol. The van der Waals surface area contributed by atoms with Crippen LogP contribution < -0.4 is 0 Å². The standard InChI is InChI=1S/C45H82NO7P/c1-6-8-10-12-14-16-18-20-22-23-25-27-29-31-33-35-37-40-50-42-44(43-52-54(48,49)51-41-39-46(3,4)5)53-45(47)38-36-34-32-30-28-26-24-21-19-17-15-13-11-9-7-2/h9,11,15-18,21-24,44H,6-8,10,12-14,19-20,25-43H2,1-5H3/p+1/b11-9-,17-15-,18-16-,23-22-,24-21-. The van der Waals surface area contributed by atoms with Crippen LogP contribution in [0.15, 0.2) is 60.8 Å². The second kappa shape index (κ2) is 38.1. The van der Waals surface area contributed by atoms with Gasteiger partial charge in [0.1, 0.15) is 19.3 Å². The summed E-state index contributed by atoms with van der Waals surface area (Å²) in [5.74, 6) is -0.337. The normalized spacial score (nSPS) is 14.4. The maximum atomic E-state index is 12.7. The summed E-state index contributed by atoms with van der Waals surface area (Å²) in [7, 11) is 1.64. The zero-order valence-electron chi connectivity index (χ0n) is 35.4. The molecule has 0 saturated carbocycles. The molecule has 0 aliphatic heterocycles. The van der Waals surface area contributed by atoms with Gasteiger partial charge in [-0.05, 0) is 77.0 Å². The molecule has 0 rings (SSSR count). The van der Waals surface area contributed by atoms with Gasteiger partial charge >= 0.3 is 13.8 Å². The zero-order chi connectivity index (χ0) is 39.9. The van der Waals surface area contributed by atoms with E-state index in [-0.39, 0.29) is 25.8 Å². The Hall–Kier alpha value is -1.80. The van der Waals surface area contributed by atoms with Crippen molar-refractivity contribution in [1.29, 1.82) is 0 Å². The molecule has 2 atom stereocenters. The molecule has 0 aromatic heterocycles. The van der Waals surface area contributed by atoms with Crippen molar-refractivity contribution in [3.8, 4) is 0 Å². The molecule has 0 bridgehead atoms. The molecule has 54 heavy (non-hydrogen) atoms. The number of nitrogens with zero attached hydrogens (tertiary/aromatic N) is 1. The lowest BCUT2D eigenvalue weighted by Crippen LogP contribution is -2.37. The second-order valence-electron chi connectivity index (χ2n) is 15.3. The monoisotopic (exact) mass is 781 g/mol. The molecule has 0 radical (unpaired) electrons. The number of phosphoric ester groups is 1. The van der Waals surface area contributed by atoms with Crippen molar-refractivity contribution in [3.05, 3.63) is 60.8 Å². The highest BCUT2D eigenvalue weighted by Gasteiger charge is 2.26. The van der Waals surface area contributed by atoms with Crippen LogP contribution in [0.1, 0.15) is 162 Å². The quantitative estimate of drug-likeness (QED) is 0.0218. The highest BCUT2D eigenvalue weighted by Crippen LogP contribution is 2.43. The van der Waals surface area contributed by atoms with Crippen LogP contribution in [0.4, 0.5) is 0 Å². The Bertz CT molecular complexity index is 1050. The van der Waals surface area contributed by atoms with Gasteiger partial charge in [0.15, 0.2) is 0 Å². The average Bonchev–Trinajstić information content (AvgIpc) is 3.12. The largest absolute Gasteiger partial charge is 0.472 e. The minimum atomic E-state index is -4.28. The summed E-state index contributed by atoms with van der Waals surface area (Å²) in [6.07, 6.45) is 46.8. The molecule has 0 aliphatic carbocycles. The third-order valence-corrected chi connectivity index (χ3v) is 9.80. The number of carbonyl (C=O) groups excluding carboxylic acids is 1. The molecule has 0 saturated heterocycles. The minimum Gasteiger partial charge on any atom is -0.457 e. The van der Waals surface area contributed by atoms with E-state index in [1.165, 1.54) is 57.8 Å². The number of allylic oxidation sites excluding steroid dienone is 10. The molecule has 0 heterocycles. The molecule has 0 fully saturated rings. The molecule has 2 unspecified atom stereocenters. The van der Waals surface area contributed by atoms with Gasteiger partial charge in [0, 0.05) is 13.0 Å². The lowest BCUT2D eigenvalue weighted by atomic mass is 10.1. The predicted molar refractivity (Wildman–Crippen MR) is 229 cm³/mol. The molecule has 0 aliphatic rings. The predicted octanol–water partition coefficient (Wildman–Crippen LogP) is 12.5. The van der Waals surface area contributed by atoms with E-state index >= 15 is 0 Å². The highest BCUT2D eigenvalue weighted by atomic mass is 31.2. The van der Waals surface area contributed by atoms with Crippen LogP contribution in [0.25, 0.3) is 0 Å². The Morgan fingerprint density at radius 2 is 1.07 bits per heavy atom. The Morgan fingerprint density at radius 1 is 0.593 bits per heavy atom. The summed E-state index contributed by atoms with van der Waals surface area (Å²) < 4.78 is 34.9. The van der Waals surface area contributed by atoms with Gasteiger partial charge in [0.2, 0.25) is 0 Å². The van der Waals surface area contributed by atoms with Crippen LogP contribution in [0.2, 0.25) is 0 Å². The number of carbonyl (C=O) groups is 1. The molecule has 9 heteroatoms. The van der Waals surface area contributed by atoms with Crippen molar-refractivity contribution in [1.82, 2.24) is 0 Å². The van der Waals surface area contributed by atoms with E-state index in [0.29, 0.717) is 24.1 Å². The summed E-state index contributed by atoms with van der Waals surface area (Å²) in [6, 6.07) is 0. The molecular formula is C45H83NO7P+. The molecule has 0 aromatic carbocycles. The van der Waals surface area contributed by atoms with Gasteiger partial charge in [0.05, 0.1) is 34.4 Å². The van der Waals surface area contributed by atoms with Gasteiger partial charge < -0.3 is 18.9 Å². The van der Waals surface area contributed by atoms with E-state index in [2.05, 4.69) is 74.6 Å². The molecule has 0 spiro atoms. The Labute approximate surface area is 332 Å². The van der Waals surface area contributed by atoms with Crippen LogP contribution >= 0.6 is 7.82 Å². The Balaban J connectivity index is 4.30. The highest BCUT2D eigenvalue weighted by molar-refractivity contribution is 7.47. The second-order valence-corrected chi connectivity index (χ2v) is 16.8. The maximum absolute atomic E-state index is 12.7. The van der Waals surface area contributed by atoms with Gasteiger partial charge in [-0.25, -0.2) is 4.57 Å². The first-order valence-corrected chi connectivity index (χ1v) is 23.0. The third-order valence-electron chi connectivity index (χ3n) is 8.81. The number of likely N-dealkylation sites (N-methyl/N-ethyl adjacent to an activating group) is 1. The van der Waals surface area contributed by atoms with Crippen molar-refractivity contribution in [3.63, 3.8) is 0 Å². The van der Waals surface area contributed by atoms with Crippen LogP contribution in [0.3, 0.4) is 0 Å². The molecule has 8 nitrogen and oxygen atoms in total. The molecule has 1 N–H and O–H groups in total. The van der Waals surface area contributed by atoms with E-state index in [4.69, 9.17) is 18.5 Å². The summed E-state index contributed by atoms with van der Waals surface area (Å²) in [6.45, 7) is 5.43. The first kappa shape index (κ1) is 52.2. The summed E-state index contributed by atoms with van der Waals surface area (Å²) >= 11 is 0. The Morgan fingerprint density at radius 3 is 1.61 bits per heavy atom. The van der Waals surface area contributed by atoms with Crippen LogP contribution in [0.5, 0.6) is 0 Å². The molecule has 0 aromatic rings. The maximum Gasteiger partial charge on any atom is 0.472 e. The zero-order valence-corrected chi connectivity index (χ0v) is 36.3. The van der Waals surface area contributed by atoms with Crippen molar-refractivity contribution in [2.75, 3.05) is 54.1 Å².